The normalized spacial score (nSPS) is 13.2. The van der Waals surface area contributed by atoms with Crippen LogP contribution in [0.1, 0.15) is 43.0 Å². The number of esters is 1. The van der Waals surface area contributed by atoms with Crippen LogP contribution in [0, 0.1) is 3.57 Å². The van der Waals surface area contributed by atoms with Crippen molar-refractivity contribution in [2.75, 3.05) is 0 Å². The molecule has 0 heterocycles. The van der Waals surface area contributed by atoms with E-state index in [4.69, 9.17) is 4.74 Å². The van der Waals surface area contributed by atoms with E-state index < -0.39 is 6.10 Å². The number of carbonyl (C=O) groups is 2. The summed E-state index contributed by atoms with van der Waals surface area (Å²) in [5.41, 5.74) is 0.644. The Labute approximate surface area is 144 Å². The second-order valence-corrected chi connectivity index (χ2v) is 6.24. The molecule has 1 N–H and O–H groups in total. The van der Waals surface area contributed by atoms with Crippen LogP contribution in [0.4, 0.5) is 0 Å². The Hall–Kier alpha value is -1.21. The number of aliphatic hydroxyl groups excluding tert-OH is 1. The van der Waals surface area contributed by atoms with E-state index in [1.54, 1.807) is 12.1 Å². The summed E-state index contributed by atoms with van der Waals surface area (Å²) in [4.78, 5) is 23.0. The molecule has 0 radical (unpaired) electrons. The highest BCUT2D eigenvalue weighted by Crippen LogP contribution is 2.16. The van der Waals surface area contributed by atoms with E-state index in [-0.39, 0.29) is 24.3 Å². The van der Waals surface area contributed by atoms with Gasteiger partial charge < -0.3 is 9.84 Å². The first-order valence-electron chi connectivity index (χ1n) is 7.19. The van der Waals surface area contributed by atoms with Gasteiger partial charge in [-0.3, -0.25) is 9.59 Å². The van der Waals surface area contributed by atoms with Crippen molar-refractivity contribution in [2.45, 2.75) is 44.8 Å². The molecule has 2 unspecified atom stereocenters. The lowest BCUT2D eigenvalue weighted by atomic mass is 10.0. The maximum Gasteiger partial charge on any atom is 0.303 e. The first kappa shape index (κ1) is 18.8. The quantitative estimate of drug-likeness (QED) is 0.290. The maximum absolute atomic E-state index is 12.1. The predicted molar refractivity (Wildman–Crippen MR) is 93.7 cm³/mol. The van der Waals surface area contributed by atoms with Gasteiger partial charge in [-0.05, 0) is 47.9 Å². The van der Waals surface area contributed by atoms with E-state index in [2.05, 4.69) is 29.2 Å². The van der Waals surface area contributed by atoms with Gasteiger partial charge in [0.1, 0.15) is 6.10 Å². The molecule has 0 saturated carbocycles. The molecule has 0 aliphatic heterocycles. The van der Waals surface area contributed by atoms with Crippen molar-refractivity contribution in [1.29, 1.82) is 0 Å². The number of ether oxygens (including phenoxy) is 1. The number of carbonyl (C=O) groups excluding carboxylic acids is 2. The lowest BCUT2D eigenvalue weighted by molar-refractivity contribution is -0.144. The van der Waals surface area contributed by atoms with E-state index in [0.717, 1.165) is 3.57 Å². The zero-order chi connectivity index (χ0) is 16.5. The number of halogens is 1. The van der Waals surface area contributed by atoms with Crippen LogP contribution < -0.4 is 0 Å². The fraction of sp³-hybridized carbons (Fsp3) is 0.412. The summed E-state index contributed by atoms with van der Waals surface area (Å²) in [5.74, 6) is -0.406. The number of hydrogen-bond donors (Lipinski definition) is 1. The molecule has 0 aliphatic carbocycles. The Kier molecular flexibility index (Phi) is 8.34. The Morgan fingerprint density at radius 3 is 2.64 bits per heavy atom. The predicted octanol–water partition coefficient (Wildman–Crippen LogP) is 3.51. The lowest BCUT2D eigenvalue weighted by Crippen LogP contribution is -2.17. The van der Waals surface area contributed by atoms with Crippen molar-refractivity contribution in [3.05, 3.63) is 46.1 Å². The first-order valence-corrected chi connectivity index (χ1v) is 8.27. The fourth-order valence-electron chi connectivity index (χ4n) is 2.11. The van der Waals surface area contributed by atoms with E-state index in [0.29, 0.717) is 24.8 Å². The van der Waals surface area contributed by atoms with Crippen LogP contribution in [-0.4, -0.2) is 29.1 Å². The van der Waals surface area contributed by atoms with Crippen LogP contribution in [0.3, 0.4) is 0 Å². The summed E-state index contributed by atoms with van der Waals surface area (Å²) < 4.78 is 5.93. The second-order valence-electron chi connectivity index (χ2n) is 5.08. The van der Waals surface area contributed by atoms with Crippen molar-refractivity contribution in [3.8, 4) is 0 Å². The van der Waals surface area contributed by atoms with Crippen LogP contribution in [0.25, 0.3) is 0 Å². The van der Waals surface area contributed by atoms with E-state index in [1.165, 1.54) is 6.92 Å². The standard InChI is InChI=1S/C17H21IO4/c1-3-14(22-12(2)19)8-6-7-13(20)11-17(21)15-9-4-5-10-16(15)18/h3-5,9-10,13-14,20H,1,6-8,11H2,2H3. The minimum absolute atomic E-state index is 0.0576. The zero-order valence-corrected chi connectivity index (χ0v) is 14.8. The van der Waals surface area contributed by atoms with Gasteiger partial charge in [0.25, 0.3) is 0 Å². The van der Waals surface area contributed by atoms with Gasteiger partial charge in [0, 0.05) is 22.5 Å². The number of aliphatic hydroxyl groups is 1. The molecule has 120 valence electrons. The highest BCUT2D eigenvalue weighted by Gasteiger charge is 2.15. The molecule has 1 rings (SSSR count). The molecule has 0 amide bonds. The molecule has 0 aromatic heterocycles. The molecule has 0 aliphatic rings. The Bertz CT molecular complexity index is 527. The third kappa shape index (κ3) is 6.70. The third-order valence-electron chi connectivity index (χ3n) is 3.20. The highest BCUT2D eigenvalue weighted by atomic mass is 127. The topological polar surface area (TPSA) is 63.6 Å². The van der Waals surface area contributed by atoms with E-state index >= 15 is 0 Å². The molecule has 2 atom stereocenters. The number of Topliss-reactive ketones (excluding diaryl/α,β-unsaturated/α-hetero) is 1. The summed E-state index contributed by atoms with van der Waals surface area (Å²) >= 11 is 2.11. The molecule has 5 heteroatoms. The van der Waals surface area contributed by atoms with Gasteiger partial charge in [0.05, 0.1) is 6.10 Å². The molecule has 4 nitrogen and oxygen atoms in total. The number of rotatable bonds is 9. The van der Waals surface area contributed by atoms with Gasteiger partial charge in [0.2, 0.25) is 0 Å². The smallest absolute Gasteiger partial charge is 0.303 e. The Morgan fingerprint density at radius 2 is 2.05 bits per heavy atom. The molecule has 0 bridgehead atoms. The molecule has 1 aromatic rings. The third-order valence-corrected chi connectivity index (χ3v) is 4.14. The van der Waals surface area contributed by atoms with Crippen LogP contribution in [-0.2, 0) is 9.53 Å². The number of benzene rings is 1. The maximum atomic E-state index is 12.1. The van der Waals surface area contributed by atoms with Crippen LogP contribution in [0.5, 0.6) is 0 Å². The molecular formula is C17H21IO4. The Morgan fingerprint density at radius 1 is 1.36 bits per heavy atom. The van der Waals surface area contributed by atoms with Crippen LogP contribution in [0.15, 0.2) is 36.9 Å². The van der Waals surface area contributed by atoms with Crippen LogP contribution >= 0.6 is 22.6 Å². The summed E-state index contributed by atoms with van der Waals surface area (Å²) in [6.45, 7) is 4.97. The molecule has 0 fully saturated rings. The monoisotopic (exact) mass is 416 g/mol. The minimum atomic E-state index is -0.689. The van der Waals surface area contributed by atoms with Crippen molar-refractivity contribution in [1.82, 2.24) is 0 Å². The summed E-state index contributed by atoms with van der Waals surface area (Å²) in [5, 5.41) is 9.98. The first-order chi connectivity index (χ1) is 10.4. The zero-order valence-electron chi connectivity index (χ0n) is 12.6. The second kappa shape index (κ2) is 9.74. The molecule has 22 heavy (non-hydrogen) atoms. The van der Waals surface area contributed by atoms with Gasteiger partial charge >= 0.3 is 5.97 Å². The number of hydrogen-bond acceptors (Lipinski definition) is 4. The Balaban J connectivity index is 2.38. The van der Waals surface area contributed by atoms with Crippen molar-refractivity contribution in [3.63, 3.8) is 0 Å². The van der Waals surface area contributed by atoms with Gasteiger partial charge in [0.15, 0.2) is 5.78 Å². The summed E-state index contributed by atoms with van der Waals surface area (Å²) in [7, 11) is 0. The molecule has 0 spiro atoms. The average molecular weight is 416 g/mol. The SMILES string of the molecule is C=CC(CCCC(O)CC(=O)c1ccccc1I)OC(C)=O. The minimum Gasteiger partial charge on any atom is -0.458 e. The van der Waals surface area contributed by atoms with Gasteiger partial charge in [-0.25, -0.2) is 0 Å². The lowest BCUT2D eigenvalue weighted by Gasteiger charge is -2.14. The summed E-state index contributed by atoms with van der Waals surface area (Å²) in [6.07, 6.45) is 2.39. The van der Waals surface area contributed by atoms with Crippen molar-refractivity contribution >= 4 is 34.3 Å². The van der Waals surface area contributed by atoms with E-state index in [9.17, 15) is 14.7 Å². The molecular weight excluding hydrogens is 395 g/mol. The van der Waals surface area contributed by atoms with E-state index in [1.807, 2.05) is 18.2 Å². The van der Waals surface area contributed by atoms with Gasteiger partial charge in [-0.1, -0.05) is 30.9 Å². The van der Waals surface area contributed by atoms with Crippen molar-refractivity contribution in [2.24, 2.45) is 0 Å². The largest absolute Gasteiger partial charge is 0.458 e. The molecule has 0 saturated heterocycles. The molecule has 1 aromatic carbocycles. The van der Waals surface area contributed by atoms with Gasteiger partial charge in [-0.15, -0.1) is 0 Å². The van der Waals surface area contributed by atoms with Gasteiger partial charge in [-0.2, -0.15) is 0 Å². The van der Waals surface area contributed by atoms with Crippen molar-refractivity contribution < 1.29 is 19.4 Å². The fourth-order valence-corrected chi connectivity index (χ4v) is 2.79. The number of ketones is 1. The average Bonchev–Trinajstić information content (AvgIpc) is 2.46. The highest BCUT2D eigenvalue weighted by molar-refractivity contribution is 14.1. The summed E-state index contributed by atoms with van der Waals surface area (Å²) in [6, 6.07) is 7.33. The van der Waals surface area contributed by atoms with Crippen LogP contribution in [0.2, 0.25) is 0 Å².